The van der Waals surface area contributed by atoms with E-state index in [0.717, 1.165) is 10.9 Å². The first-order chi connectivity index (χ1) is 10.5. The molecule has 0 saturated heterocycles. The second-order valence-corrected chi connectivity index (χ2v) is 4.25. The summed E-state index contributed by atoms with van der Waals surface area (Å²) in [5, 5.41) is 0.843. The van der Waals surface area contributed by atoms with Gasteiger partial charge in [0.2, 0.25) is 0 Å². The number of hydrogen-bond donors (Lipinski definition) is 0. The van der Waals surface area contributed by atoms with Gasteiger partial charge in [-0.15, -0.1) is 0 Å². The van der Waals surface area contributed by atoms with Gasteiger partial charge in [0, 0.05) is 33.8 Å². The number of fused-ring (bicyclic) bond motifs is 1. The van der Waals surface area contributed by atoms with Gasteiger partial charge in [-0.2, -0.15) is 0 Å². The van der Waals surface area contributed by atoms with Gasteiger partial charge in [-0.05, 0) is 45.2 Å². The highest BCUT2D eigenvalue weighted by molar-refractivity contribution is 5.81. The molecule has 1 atom stereocenters. The molecule has 3 heteroatoms. The molecule has 1 aromatic heterocycles. The van der Waals surface area contributed by atoms with Crippen molar-refractivity contribution in [1.82, 2.24) is 9.47 Å². The predicted octanol–water partition coefficient (Wildman–Crippen LogP) is 2.60. The minimum atomic E-state index is -2.48. The molecule has 0 bridgehead atoms. The van der Waals surface area contributed by atoms with Gasteiger partial charge in [-0.25, -0.2) is 0 Å². The number of ether oxygens (including phenoxy) is 1. The lowest BCUT2D eigenvalue weighted by Gasteiger charge is -2.20. The number of aromatic nitrogens is 1. The van der Waals surface area contributed by atoms with Gasteiger partial charge in [-0.3, -0.25) is 0 Å². The van der Waals surface area contributed by atoms with E-state index in [1.54, 1.807) is 25.2 Å². The number of nitrogens with zero attached hydrogens (tertiary/aromatic N) is 2. The first-order valence-corrected chi connectivity index (χ1v) is 5.48. The lowest BCUT2D eigenvalue weighted by Crippen LogP contribution is -2.28. The van der Waals surface area contributed by atoms with Gasteiger partial charge < -0.3 is 14.2 Å². The fourth-order valence-electron chi connectivity index (χ4n) is 1.81. The molecule has 17 heavy (non-hydrogen) atoms. The SMILES string of the molecule is [2H]C([2H])([2H])Oc1ccc2c(ccn2C[C@H](C)N(C)C([2H])([2H])[2H])c1. The minimum Gasteiger partial charge on any atom is -0.497 e. The minimum absolute atomic E-state index is 0.184. The van der Waals surface area contributed by atoms with E-state index in [-0.39, 0.29) is 11.8 Å². The highest BCUT2D eigenvalue weighted by atomic mass is 16.5. The Morgan fingerprint density at radius 1 is 1.47 bits per heavy atom. The summed E-state index contributed by atoms with van der Waals surface area (Å²) in [5.74, 6) is 0.280. The summed E-state index contributed by atoms with van der Waals surface area (Å²) in [6.45, 7) is 0.227. The third kappa shape index (κ3) is 2.44. The highest BCUT2D eigenvalue weighted by Gasteiger charge is 2.08. The Bertz CT molecular complexity index is 676. The van der Waals surface area contributed by atoms with E-state index in [1.807, 2.05) is 23.8 Å². The molecule has 0 aliphatic heterocycles. The molecule has 0 fully saturated rings. The van der Waals surface area contributed by atoms with Crippen molar-refractivity contribution in [3.05, 3.63) is 30.5 Å². The van der Waals surface area contributed by atoms with Crippen molar-refractivity contribution in [2.24, 2.45) is 0 Å². The average molecular weight is 238 g/mol. The summed E-state index contributed by atoms with van der Waals surface area (Å²) in [4.78, 5) is 1.35. The molecule has 0 aliphatic carbocycles. The molecular weight excluding hydrogens is 212 g/mol. The predicted molar refractivity (Wildman–Crippen MR) is 71.6 cm³/mol. The van der Waals surface area contributed by atoms with E-state index < -0.39 is 14.0 Å². The van der Waals surface area contributed by atoms with Crippen LogP contribution >= 0.6 is 0 Å². The summed E-state index contributed by atoms with van der Waals surface area (Å²) < 4.78 is 50.6. The quantitative estimate of drug-likeness (QED) is 0.814. The Kier molecular flexibility index (Phi) is 1.82. The lowest BCUT2D eigenvalue weighted by atomic mass is 10.2. The van der Waals surface area contributed by atoms with Crippen molar-refractivity contribution in [2.75, 3.05) is 21.1 Å². The van der Waals surface area contributed by atoms with Crippen LogP contribution in [0.25, 0.3) is 10.9 Å². The standard InChI is InChI=1S/C14H20N2O/c1-11(15(2)3)10-16-8-7-12-9-13(17-4)5-6-14(12)16/h5-9,11H,10H2,1-4H3/t11-/m0/s1/i2D3,4D3. The maximum atomic E-state index is 7.45. The second-order valence-electron chi connectivity index (χ2n) is 4.25. The van der Waals surface area contributed by atoms with E-state index in [1.165, 1.54) is 4.90 Å². The van der Waals surface area contributed by atoms with Crippen LogP contribution in [0.1, 0.15) is 15.1 Å². The van der Waals surface area contributed by atoms with E-state index in [9.17, 15) is 0 Å². The van der Waals surface area contributed by atoms with Crippen molar-refractivity contribution in [1.29, 1.82) is 0 Å². The Balaban J connectivity index is 2.20. The first-order valence-electron chi connectivity index (χ1n) is 8.48. The van der Waals surface area contributed by atoms with Crippen molar-refractivity contribution >= 4 is 10.9 Å². The molecule has 92 valence electrons. The van der Waals surface area contributed by atoms with Gasteiger partial charge in [0.05, 0.1) is 11.2 Å². The molecule has 2 aromatic rings. The fourth-order valence-corrected chi connectivity index (χ4v) is 1.81. The number of methoxy groups -OCH3 is 1. The van der Waals surface area contributed by atoms with Gasteiger partial charge >= 0.3 is 0 Å². The lowest BCUT2D eigenvalue weighted by molar-refractivity contribution is 0.286. The zero-order valence-electron chi connectivity index (χ0n) is 16.0. The van der Waals surface area contributed by atoms with Gasteiger partial charge in [0.15, 0.2) is 0 Å². The zero-order valence-corrected chi connectivity index (χ0v) is 9.97. The van der Waals surface area contributed by atoms with Crippen LogP contribution in [0.4, 0.5) is 0 Å². The van der Waals surface area contributed by atoms with Gasteiger partial charge in [0.25, 0.3) is 0 Å². The van der Waals surface area contributed by atoms with Crippen molar-refractivity contribution in [3.63, 3.8) is 0 Å². The maximum Gasteiger partial charge on any atom is 0.119 e. The molecule has 0 unspecified atom stereocenters. The van der Waals surface area contributed by atoms with Crippen LogP contribution < -0.4 is 4.74 Å². The van der Waals surface area contributed by atoms with Crippen LogP contribution in [0.3, 0.4) is 0 Å². The van der Waals surface area contributed by atoms with E-state index in [2.05, 4.69) is 0 Å². The van der Waals surface area contributed by atoms with Crippen LogP contribution in [0.5, 0.6) is 5.75 Å². The molecule has 1 heterocycles. The number of likely N-dealkylation sites (N-methyl/N-ethyl adjacent to an activating group) is 1. The molecule has 1 aromatic carbocycles. The summed E-state index contributed by atoms with van der Waals surface area (Å²) >= 11 is 0. The van der Waals surface area contributed by atoms with Crippen LogP contribution in [-0.4, -0.2) is 36.6 Å². The molecule has 0 N–H and O–H groups in total. The maximum absolute atomic E-state index is 7.45. The van der Waals surface area contributed by atoms with Crippen LogP contribution in [0.2, 0.25) is 0 Å². The third-order valence-electron chi connectivity index (χ3n) is 2.98. The Labute approximate surface area is 111 Å². The van der Waals surface area contributed by atoms with Crippen molar-refractivity contribution < 1.29 is 13.0 Å². The monoisotopic (exact) mass is 238 g/mol. The summed E-state index contributed by atoms with van der Waals surface area (Å²) in [7, 11) is -0.904. The van der Waals surface area contributed by atoms with Crippen molar-refractivity contribution in [3.8, 4) is 5.75 Å². The summed E-state index contributed by atoms with van der Waals surface area (Å²) in [6.07, 6.45) is 1.85. The Morgan fingerprint density at radius 2 is 2.35 bits per heavy atom. The van der Waals surface area contributed by atoms with Crippen LogP contribution in [-0.2, 0) is 6.54 Å². The fraction of sp³-hybridized carbons (Fsp3) is 0.429. The number of hydrogen-bond acceptors (Lipinski definition) is 2. The molecule has 0 spiro atoms. The number of benzene rings is 1. The van der Waals surface area contributed by atoms with Crippen LogP contribution in [0, 0.1) is 0 Å². The van der Waals surface area contributed by atoms with Gasteiger partial charge in [-0.1, -0.05) is 0 Å². The first kappa shape index (κ1) is 6.45. The summed E-state index contributed by atoms with van der Waals surface area (Å²) in [5.41, 5.74) is 0.897. The Morgan fingerprint density at radius 3 is 3.12 bits per heavy atom. The summed E-state index contributed by atoms with van der Waals surface area (Å²) in [6, 6.07) is 6.71. The molecular formula is C14H20N2O. The van der Waals surface area contributed by atoms with Crippen LogP contribution in [0.15, 0.2) is 30.5 Å². The second kappa shape index (κ2) is 4.80. The molecule has 0 saturated carbocycles. The van der Waals surface area contributed by atoms with Crippen molar-refractivity contribution in [2.45, 2.75) is 19.5 Å². The molecule has 0 amide bonds. The van der Waals surface area contributed by atoms with Gasteiger partial charge in [0.1, 0.15) is 5.75 Å². The Hall–Kier alpha value is -1.48. The molecule has 3 nitrogen and oxygen atoms in total. The highest BCUT2D eigenvalue weighted by Crippen LogP contribution is 2.22. The zero-order chi connectivity index (χ0) is 17.4. The van der Waals surface area contributed by atoms with E-state index in [4.69, 9.17) is 13.0 Å². The third-order valence-corrected chi connectivity index (χ3v) is 2.98. The topological polar surface area (TPSA) is 17.4 Å². The van der Waals surface area contributed by atoms with E-state index >= 15 is 0 Å². The number of rotatable bonds is 4. The van der Waals surface area contributed by atoms with E-state index in [0.29, 0.717) is 6.54 Å². The normalized spacial score (nSPS) is 19.9. The average Bonchev–Trinajstić information content (AvgIpc) is 2.77. The molecule has 2 rings (SSSR count). The molecule has 0 aliphatic rings. The smallest absolute Gasteiger partial charge is 0.119 e. The molecule has 0 radical (unpaired) electrons. The largest absolute Gasteiger partial charge is 0.497 e.